The minimum atomic E-state index is -1.57. The zero-order chi connectivity index (χ0) is 21.1. The number of hydrogen-bond donors (Lipinski definition) is 6. The molecule has 1 aliphatic heterocycles. The second kappa shape index (κ2) is 8.47. The van der Waals surface area contributed by atoms with Gasteiger partial charge in [0.1, 0.15) is 34.9 Å². The van der Waals surface area contributed by atoms with E-state index in [4.69, 9.17) is 20.5 Å². The van der Waals surface area contributed by atoms with E-state index in [1.54, 1.807) is 0 Å². The van der Waals surface area contributed by atoms with Crippen LogP contribution in [-0.4, -0.2) is 78.8 Å². The number of aromatic nitrogens is 3. The minimum absolute atomic E-state index is 0.0406. The molecule has 1 aromatic carbocycles. The van der Waals surface area contributed by atoms with Crippen LogP contribution in [0.5, 0.6) is 11.5 Å². The van der Waals surface area contributed by atoms with Crippen molar-refractivity contribution in [3.8, 4) is 11.5 Å². The van der Waals surface area contributed by atoms with Crippen LogP contribution >= 0.6 is 0 Å². The number of rotatable bonds is 8. The summed E-state index contributed by atoms with van der Waals surface area (Å²) in [5.74, 6) is -2.28. The number of nitrogens with one attached hydrogen (secondary N) is 1. The lowest BCUT2D eigenvalue weighted by Gasteiger charge is -2.40. The largest absolute Gasteiger partial charge is 0.507 e. The molecule has 2 aromatic rings. The molecule has 1 fully saturated rings. The summed E-state index contributed by atoms with van der Waals surface area (Å²) in [6.45, 7) is 0.394. The van der Waals surface area contributed by atoms with Crippen LogP contribution in [0.2, 0.25) is 6.32 Å². The molecule has 0 spiro atoms. The molecule has 1 amide bonds. The fourth-order valence-electron chi connectivity index (χ4n) is 2.96. The van der Waals surface area contributed by atoms with Crippen LogP contribution in [0, 0.1) is 0 Å². The molecule has 1 aliphatic rings. The lowest BCUT2D eigenvalue weighted by molar-refractivity contribution is -0.141. The molecule has 29 heavy (non-hydrogen) atoms. The number of H-pyrrole nitrogens is 1. The zero-order valence-electron chi connectivity index (χ0n) is 15.2. The number of ether oxygens (including phenoxy) is 1. The zero-order valence-corrected chi connectivity index (χ0v) is 15.2. The van der Waals surface area contributed by atoms with Crippen molar-refractivity contribution in [3.63, 3.8) is 0 Å². The molecule has 3 rings (SSSR count). The van der Waals surface area contributed by atoms with Crippen LogP contribution in [-0.2, 0) is 11.2 Å². The van der Waals surface area contributed by atoms with Crippen molar-refractivity contribution in [3.05, 3.63) is 35.2 Å². The summed E-state index contributed by atoms with van der Waals surface area (Å²) in [4.78, 5) is 25.3. The highest BCUT2D eigenvalue weighted by Gasteiger charge is 2.36. The third-order valence-corrected chi connectivity index (χ3v) is 4.58. The van der Waals surface area contributed by atoms with E-state index in [1.165, 1.54) is 23.2 Å². The van der Waals surface area contributed by atoms with Gasteiger partial charge in [0.2, 0.25) is 5.91 Å². The van der Waals surface area contributed by atoms with E-state index in [0.29, 0.717) is 5.69 Å². The maximum atomic E-state index is 12.3. The molecule has 1 aromatic heterocycles. The first-order valence-electron chi connectivity index (χ1n) is 8.79. The number of carbonyl (C=O) groups is 2. The first kappa shape index (κ1) is 20.6. The van der Waals surface area contributed by atoms with Crippen LogP contribution in [0.25, 0.3) is 0 Å². The molecular weight excluding hydrogens is 385 g/mol. The van der Waals surface area contributed by atoms with Crippen molar-refractivity contribution < 1.29 is 34.6 Å². The molecule has 1 unspecified atom stereocenters. The quantitative estimate of drug-likeness (QED) is 0.282. The molecule has 0 saturated carbocycles. The first-order valence-corrected chi connectivity index (χ1v) is 8.79. The molecule has 12 nitrogen and oxygen atoms in total. The first-order chi connectivity index (χ1) is 13.8. The molecule has 0 bridgehead atoms. The number of nitrogens with two attached hydrogens (primary N) is 1. The Balaban J connectivity index is 1.64. The number of benzene rings is 1. The Labute approximate surface area is 165 Å². The van der Waals surface area contributed by atoms with Crippen molar-refractivity contribution >= 4 is 19.0 Å². The number of carboxylic acid groups (broad SMARTS) is 1. The van der Waals surface area contributed by atoms with E-state index < -0.39 is 36.5 Å². The predicted octanol–water partition coefficient (Wildman–Crippen LogP) is -1.49. The number of likely N-dealkylation sites (tertiary alicyclic amines) is 1. The van der Waals surface area contributed by atoms with E-state index in [-0.39, 0.29) is 43.1 Å². The van der Waals surface area contributed by atoms with Crippen LogP contribution in [0.4, 0.5) is 0 Å². The number of aromatic amines is 1. The van der Waals surface area contributed by atoms with E-state index in [1.807, 2.05) is 0 Å². The number of aromatic carboxylic acids is 1. The summed E-state index contributed by atoms with van der Waals surface area (Å²) < 4.78 is 5.65. The molecule has 0 aliphatic carbocycles. The average molecular weight is 405 g/mol. The Morgan fingerprint density at radius 2 is 2.10 bits per heavy atom. The molecule has 7 N–H and O–H groups in total. The highest BCUT2D eigenvalue weighted by atomic mass is 16.5. The fraction of sp³-hybridized carbons (Fsp3) is 0.375. The molecule has 1 atom stereocenters. The van der Waals surface area contributed by atoms with Gasteiger partial charge in [-0.25, -0.2) is 4.79 Å². The van der Waals surface area contributed by atoms with E-state index in [9.17, 15) is 19.8 Å². The van der Waals surface area contributed by atoms with E-state index in [2.05, 4.69) is 15.4 Å². The Hall–Kier alpha value is -3.16. The van der Waals surface area contributed by atoms with Gasteiger partial charge in [-0.05, 0) is 24.4 Å². The highest BCUT2D eigenvalue weighted by Crippen LogP contribution is 2.34. The lowest BCUT2D eigenvalue weighted by Crippen LogP contribution is -2.58. The van der Waals surface area contributed by atoms with Gasteiger partial charge < -0.3 is 35.6 Å². The SMILES string of the molecule is NC(C(=O)N1CC(Oc2ccc(CCB(O)O)c(O)c2C(=O)O)C1)c1c[nH]nn1. The number of amides is 1. The standard InChI is InChI=1S/C16H20BN5O7/c18-13(10-5-19-21-20-10)15(24)22-6-9(7-22)29-11-2-1-8(3-4-17(27)28)14(23)12(11)16(25)26/h1-2,5,9,13,23,27-28H,3-4,6-7,18H2,(H,25,26)(H,19,20,21). The number of nitrogens with zero attached hydrogens (tertiary/aromatic N) is 3. The van der Waals surface area contributed by atoms with Gasteiger partial charge in [0, 0.05) is 6.20 Å². The normalized spacial score (nSPS) is 14.9. The Kier molecular flexibility index (Phi) is 6.01. The predicted molar refractivity (Wildman–Crippen MR) is 98.1 cm³/mol. The van der Waals surface area contributed by atoms with Crippen molar-refractivity contribution in [1.82, 2.24) is 20.3 Å². The second-order valence-electron chi connectivity index (χ2n) is 6.63. The molecule has 13 heteroatoms. The second-order valence-corrected chi connectivity index (χ2v) is 6.63. The summed E-state index contributed by atoms with van der Waals surface area (Å²) >= 11 is 0. The Morgan fingerprint density at radius 1 is 1.38 bits per heavy atom. The van der Waals surface area contributed by atoms with Crippen molar-refractivity contribution in [2.75, 3.05) is 13.1 Å². The van der Waals surface area contributed by atoms with Gasteiger partial charge in [-0.1, -0.05) is 11.3 Å². The van der Waals surface area contributed by atoms with Gasteiger partial charge >= 0.3 is 13.1 Å². The molecule has 2 heterocycles. The van der Waals surface area contributed by atoms with Crippen LogP contribution in [0.15, 0.2) is 18.3 Å². The fourth-order valence-corrected chi connectivity index (χ4v) is 2.96. The van der Waals surface area contributed by atoms with Gasteiger partial charge in [0.15, 0.2) is 0 Å². The summed E-state index contributed by atoms with van der Waals surface area (Å²) in [7, 11) is -1.57. The van der Waals surface area contributed by atoms with Crippen molar-refractivity contribution in [2.24, 2.45) is 5.73 Å². The topological polar surface area (TPSA) is 195 Å². The van der Waals surface area contributed by atoms with Crippen LogP contribution in [0.1, 0.15) is 27.7 Å². The van der Waals surface area contributed by atoms with Crippen molar-refractivity contribution in [2.45, 2.75) is 24.9 Å². The number of phenols is 1. The van der Waals surface area contributed by atoms with Gasteiger partial charge in [-0.3, -0.25) is 9.89 Å². The smallest absolute Gasteiger partial charge is 0.451 e. The molecule has 1 saturated heterocycles. The van der Waals surface area contributed by atoms with E-state index in [0.717, 1.165) is 0 Å². The number of aryl methyl sites for hydroxylation is 1. The summed E-state index contributed by atoms with van der Waals surface area (Å²) in [6, 6.07) is 1.89. The number of hydrogen-bond acceptors (Lipinski definition) is 9. The minimum Gasteiger partial charge on any atom is -0.507 e. The monoisotopic (exact) mass is 405 g/mol. The lowest BCUT2D eigenvalue weighted by atomic mass is 9.82. The summed E-state index contributed by atoms with van der Waals surface area (Å²) in [5, 5.41) is 47.3. The van der Waals surface area contributed by atoms with Gasteiger partial charge in [0.05, 0.1) is 13.1 Å². The summed E-state index contributed by atoms with van der Waals surface area (Å²) in [6.07, 6.45) is 0.981. The van der Waals surface area contributed by atoms with Gasteiger partial charge in [-0.2, -0.15) is 0 Å². The highest BCUT2D eigenvalue weighted by molar-refractivity contribution is 6.41. The van der Waals surface area contributed by atoms with Gasteiger partial charge in [-0.15, -0.1) is 5.10 Å². The maximum absolute atomic E-state index is 12.3. The number of aromatic hydroxyl groups is 1. The third kappa shape index (κ3) is 4.47. The van der Waals surface area contributed by atoms with Gasteiger partial charge in [0.25, 0.3) is 0 Å². The number of carboxylic acids is 1. The molecular formula is C16H20BN5O7. The molecule has 0 radical (unpaired) electrons. The maximum Gasteiger partial charge on any atom is 0.451 e. The van der Waals surface area contributed by atoms with E-state index >= 15 is 0 Å². The average Bonchev–Trinajstić information content (AvgIpc) is 3.16. The number of carbonyl (C=O) groups excluding carboxylic acids is 1. The van der Waals surface area contributed by atoms with Crippen LogP contribution < -0.4 is 10.5 Å². The van der Waals surface area contributed by atoms with Crippen molar-refractivity contribution in [1.29, 1.82) is 0 Å². The van der Waals surface area contributed by atoms with Crippen LogP contribution in [0.3, 0.4) is 0 Å². The Bertz CT molecular complexity index is 886. The molecule has 154 valence electrons. The third-order valence-electron chi connectivity index (χ3n) is 4.58. The summed E-state index contributed by atoms with van der Waals surface area (Å²) in [5.41, 5.74) is 5.99. The Morgan fingerprint density at radius 3 is 2.69 bits per heavy atom.